The van der Waals surface area contributed by atoms with Gasteiger partial charge < -0.3 is 15.4 Å². The summed E-state index contributed by atoms with van der Waals surface area (Å²) in [6.45, 7) is 1.22. The van der Waals surface area contributed by atoms with Crippen LogP contribution in [0.25, 0.3) is 0 Å². The molecule has 1 aromatic carbocycles. The van der Waals surface area contributed by atoms with E-state index in [1.54, 1.807) is 18.2 Å². The van der Waals surface area contributed by atoms with Gasteiger partial charge >= 0.3 is 5.97 Å². The fraction of sp³-hybridized carbons (Fsp3) is 0.609. The maximum atomic E-state index is 12.5. The lowest BCUT2D eigenvalue weighted by atomic mass is 9.49. The number of amides is 2. The molecule has 4 saturated carbocycles. The monoisotopic (exact) mass is 466 g/mol. The largest absolute Gasteiger partial charge is 0.451 e. The summed E-state index contributed by atoms with van der Waals surface area (Å²) >= 11 is 11.8. The highest BCUT2D eigenvalue weighted by Crippen LogP contribution is 2.61. The standard InChI is InChI=1S/C23H28Cl2N2O4/c1-13(22(30)27-19-6-17(24)5-18(25)7-19)31-21(29)12-26-20(28)11-23-8-14-2-15(9-23)4-16(3-14)10-23/h5-7,13-16H,2-4,8-12H2,1H3,(H,26,28)(H,27,30). The Morgan fingerprint density at radius 3 is 2.13 bits per heavy atom. The third-order valence-electron chi connectivity index (χ3n) is 6.94. The highest BCUT2D eigenvalue weighted by atomic mass is 35.5. The minimum Gasteiger partial charge on any atom is -0.451 e. The number of nitrogens with one attached hydrogen (secondary N) is 2. The number of carbonyl (C=O) groups is 3. The molecule has 4 bridgehead atoms. The molecule has 0 spiro atoms. The normalized spacial score (nSPS) is 29.3. The van der Waals surface area contributed by atoms with E-state index in [1.807, 2.05) is 0 Å². The van der Waals surface area contributed by atoms with E-state index in [0.717, 1.165) is 37.0 Å². The van der Waals surface area contributed by atoms with E-state index in [9.17, 15) is 14.4 Å². The average Bonchev–Trinajstić information content (AvgIpc) is 2.64. The van der Waals surface area contributed by atoms with Crippen LogP contribution in [0.5, 0.6) is 0 Å². The smallest absolute Gasteiger partial charge is 0.326 e. The van der Waals surface area contributed by atoms with Gasteiger partial charge in [-0.25, -0.2) is 0 Å². The van der Waals surface area contributed by atoms with Crippen LogP contribution in [0, 0.1) is 23.2 Å². The van der Waals surface area contributed by atoms with E-state index in [-0.39, 0.29) is 17.9 Å². The third kappa shape index (κ3) is 5.53. The van der Waals surface area contributed by atoms with Crippen molar-refractivity contribution >= 4 is 46.7 Å². The zero-order valence-corrected chi connectivity index (χ0v) is 19.1. The number of anilines is 1. The Bertz CT molecular complexity index is 833. The predicted molar refractivity (Wildman–Crippen MR) is 119 cm³/mol. The summed E-state index contributed by atoms with van der Waals surface area (Å²) in [6, 6.07) is 4.64. The van der Waals surface area contributed by atoms with Crippen LogP contribution in [0.2, 0.25) is 10.0 Å². The molecular formula is C23H28Cl2N2O4. The Labute approximate surface area is 192 Å². The SMILES string of the molecule is CC(OC(=O)CNC(=O)CC12CC3CC(CC(C3)C1)C2)C(=O)Nc1cc(Cl)cc(Cl)c1. The van der Waals surface area contributed by atoms with Crippen LogP contribution in [-0.4, -0.2) is 30.4 Å². The number of hydrogen-bond donors (Lipinski definition) is 2. The lowest BCUT2D eigenvalue weighted by Gasteiger charge is -2.56. The van der Waals surface area contributed by atoms with Gasteiger partial charge in [0.2, 0.25) is 5.91 Å². The molecule has 0 heterocycles. The Morgan fingerprint density at radius 1 is 1.03 bits per heavy atom. The van der Waals surface area contributed by atoms with E-state index < -0.39 is 18.0 Å². The first kappa shape index (κ1) is 22.4. The maximum Gasteiger partial charge on any atom is 0.326 e. The Kier molecular flexibility index (Phi) is 6.50. The first-order valence-electron chi connectivity index (χ1n) is 10.9. The molecule has 1 aromatic rings. The van der Waals surface area contributed by atoms with Gasteiger partial charge in [0.05, 0.1) is 0 Å². The van der Waals surface area contributed by atoms with Crippen LogP contribution in [0.1, 0.15) is 51.9 Å². The highest BCUT2D eigenvalue weighted by molar-refractivity contribution is 6.35. The zero-order chi connectivity index (χ0) is 22.2. The second kappa shape index (κ2) is 8.99. The summed E-state index contributed by atoms with van der Waals surface area (Å²) in [7, 11) is 0. The molecule has 0 saturated heterocycles. The van der Waals surface area contributed by atoms with Gasteiger partial charge in [-0.05, 0) is 86.8 Å². The van der Waals surface area contributed by atoms with Crippen molar-refractivity contribution in [2.45, 2.75) is 58.0 Å². The lowest BCUT2D eigenvalue weighted by molar-refractivity contribution is -0.153. The van der Waals surface area contributed by atoms with Gasteiger partial charge in [0.1, 0.15) is 6.54 Å². The number of ether oxygens (including phenoxy) is 1. The van der Waals surface area contributed by atoms with Gasteiger partial charge in [0, 0.05) is 22.2 Å². The molecule has 4 fully saturated rings. The minimum atomic E-state index is -1.02. The van der Waals surface area contributed by atoms with Crippen molar-refractivity contribution in [2.24, 2.45) is 23.2 Å². The topological polar surface area (TPSA) is 84.5 Å². The Balaban J connectivity index is 1.21. The quantitative estimate of drug-likeness (QED) is 0.575. The van der Waals surface area contributed by atoms with Crippen molar-refractivity contribution in [3.63, 3.8) is 0 Å². The van der Waals surface area contributed by atoms with Crippen LogP contribution in [0.3, 0.4) is 0 Å². The predicted octanol–water partition coefficient (Wildman–Crippen LogP) is 4.59. The van der Waals surface area contributed by atoms with E-state index in [2.05, 4.69) is 10.6 Å². The van der Waals surface area contributed by atoms with Gasteiger partial charge in [0.25, 0.3) is 5.91 Å². The van der Waals surface area contributed by atoms with Gasteiger partial charge in [-0.2, -0.15) is 0 Å². The van der Waals surface area contributed by atoms with Crippen molar-refractivity contribution in [1.82, 2.24) is 5.32 Å². The molecule has 1 atom stereocenters. The van der Waals surface area contributed by atoms with Crippen LogP contribution in [-0.2, 0) is 19.1 Å². The first-order chi connectivity index (χ1) is 14.7. The number of hydrogen-bond acceptors (Lipinski definition) is 4. The Morgan fingerprint density at radius 2 is 1.58 bits per heavy atom. The minimum absolute atomic E-state index is 0.107. The molecule has 0 aliphatic heterocycles. The number of rotatable bonds is 7. The molecule has 0 aromatic heterocycles. The molecule has 5 rings (SSSR count). The summed E-state index contributed by atoms with van der Waals surface area (Å²) in [5.74, 6) is 1.06. The third-order valence-corrected chi connectivity index (χ3v) is 7.37. The number of benzene rings is 1. The molecule has 6 nitrogen and oxygen atoms in total. The van der Waals surface area contributed by atoms with Crippen molar-refractivity contribution < 1.29 is 19.1 Å². The number of esters is 1. The molecule has 168 valence electrons. The van der Waals surface area contributed by atoms with Crippen LogP contribution < -0.4 is 10.6 Å². The average molecular weight is 467 g/mol. The summed E-state index contributed by atoms with van der Waals surface area (Å²) in [5, 5.41) is 6.06. The van der Waals surface area contributed by atoms with Crippen molar-refractivity contribution in [3.8, 4) is 0 Å². The van der Waals surface area contributed by atoms with Crippen LogP contribution in [0.4, 0.5) is 5.69 Å². The summed E-state index contributed by atoms with van der Waals surface area (Å²) in [6.07, 6.45) is 6.86. The highest BCUT2D eigenvalue weighted by Gasteiger charge is 2.51. The second-order valence-corrected chi connectivity index (χ2v) is 10.5. The van der Waals surface area contributed by atoms with Crippen molar-refractivity contribution in [2.75, 3.05) is 11.9 Å². The van der Waals surface area contributed by atoms with E-state index in [0.29, 0.717) is 22.2 Å². The van der Waals surface area contributed by atoms with Crippen LogP contribution in [0.15, 0.2) is 18.2 Å². The molecular weight excluding hydrogens is 439 g/mol. The van der Waals surface area contributed by atoms with Crippen molar-refractivity contribution in [3.05, 3.63) is 28.2 Å². The molecule has 2 N–H and O–H groups in total. The second-order valence-electron chi connectivity index (χ2n) is 9.65. The van der Waals surface area contributed by atoms with E-state index in [1.165, 1.54) is 26.2 Å². The maximum absolute atomic E-state index is 12.5. The molecule has 4 aliphatic carbocycles. The lowest BCUT2D eigenvalue weighted by Crippen LogP contribution is -2.48. The molecule has 0 radical (unpaired) electrons. The zero-order valence-electron chi connectivity index (χ0n) is 17.6. The van der Waals surface area contributed by atoms with E-state index >= 15 is 0 Å². The molecule has 8 heteroatoms. The van der Waals surface area contributed by atoms with Crippen LogP contribution >= 0.6 is 23.2 Å². The number of halogens is 2. The fourth-order valence-electron chi connectivity index (χ4n) is 6.24. The van der Waals surface area contributed by atoms with Gasteiger partial charge in [0.15, 0.2) is 6.10 Å². The van der Waals surface area contributed by atoms with Gasteiger partial charge in [-0.1, -0.05) is 23.2 Å². The molecule has 1 unspecified atom stereocenters. The summed E-state index contributed by atoms with van der Waals surface area (Å²) < 4.78 is 5.16. The Hall–Kier alpha value is -1.79. The number of carbonyl (C=O) groups excluding carboxylic acids is 3. The van der Waals surface area contributed by atoms with Gasteiger partial charge in [-0.15, -0.1) is 0 Å². The molecule has 4 aliphatic rings. The van der Waals surface area contributed by atoms with Crippen molar-refractivity contribution in [1.29, 1.82) is 0 Å². The first-order valence-corrected chi connectivity index (χ1v) is 11.7. The molecule has 31 heavy (non-hydrogen) atoms. The summed E-state index contributed by atoms with van der Waals surface area (Å²) in [4.78, 5) is 36.9. The fourth-order valence-corrected chi connectivity index (χ4v) is 6.77. The summed E-state index contributed by atoms with van der Waals surface area (Å²) in [5.41, 5.74) is 0.531. The van der Waals surface area contributed by atoms with E-state index in [4.69, 9.17) is 27.9 Å². The molecule has 2 amide bonds. The van der Waals surface area contributed by atoms with Gasteiger partial charge in [-0.3, -0.25) is 14.4 Å².